The molecule has 0 atom stereocenters. The standard InChI is InChI=1S/C15H20F3N3O.HI/c1-19-14(21-8-2-3-9-21)20-10-12-4-6-13(7-5-12)22-11-15(16,17)18;/h4-7H,2-3,8-11H2,1H3,(H,19,20);1H. The summed E-state index contributed by atoms with van der Waals surface area (Å²) in [7, 11) is 1.74. The van der Waals surface area contributed by atoms with Gasteiger partial charge in [-0.3, -0.25) is 4.99 Å². The summed E-state index contributed by atoms with van der Waals surface area (Å²) in [6.07, 6.45) is -1.97. The number of hydrogen-bond acceptors (Lipinski definition) is 2. The second-order valence-electron chi connectivity index (χ2n) is 5.14. The third-order valence-electron chi connectivity index (χ3n) is 3.39. The van der Waals surface area contributed by atoms with Crippen LogP contribution in [0.25, 0.3) is 0 Å². The van der Waals surface area contributed by atoms with E-state index in [2.05, 4.69) is 19.9 Å². The highest BCUT2D eigenvalue weighted by molar-refractivity contribution is 14.0. The maximum absolute atomic E-state index is 12.1. The van der Waals surface area contributed by atoms with Crippen molar-refractivity contribution in [1.29, 1.82) is 0 Å². The zero-order valence-electron chi connectivity index (χ0n) is 12.9. The SMILES string of the molecule is CN=C(NCc1ccc(OCC(F)(F)F)cc1)N1CCCC1.I. The smallest absolute Gasteiger partial charge is 0.422 e. The van der Waals surface area contributed by atoms with Gasteiger partial charge in [0.2, 0.25) is 0 Å². The van der Waals surface area contributed by atoms with E-state index in [1.165, 1.54) is 12.8 Å². The van der Waals surface area contributed by atoms with Crippen LogP contribution in [0, 0.1) is 0 Å². The van der Waals surface area contributed by atoms with Crippen LogP contribution in [0.5, 0.6) is 5.75 Å². The third-order valence-corrected chi connectivity index (χ3v) is 3.39. The van der Waals surface area contributed by atoms with E-state index in [0.29, 0.717) is 6.54 Å². The topological polar surface area (TPSA) is 36.9 Å². The van der Waals surface area contributed by atoms with Crippen molar-refractivity contribution in [2.75, 3.05) is 26.7 Å². The Morgan fingerprint density at radius 3 is 2.35 bits per heavy atom. The van der Waals surface area contributed by atoms with Crippen molar-refractivity contribution in [2.45, 2.75) is 25.6 Å². The Hall–Kier alpha value is -1.19. The predicted molar refractivity (Wildman–Crippen MR) is 94.4 cm³/mol. The Bertz CT molecular complexity index is 500. The van der Waals surface area contributed by atoms with E-state index in [0.717, 1.165) is 24.6 Å². The average molecular weight is 443 g/mol. The van der Waals surface area contributed by atoms with Crippen LogP contribution >= 0.6 is 24.0 Å². The Kier molecular flexibility index (Phi) is 7.93. The number of nitrogens with one attached hydrogen (secondary N) is 1. The van der Waals surface area contributed by atoms with Gasteiger partial charge in [0.1, 0.15) is 5.75 Å². The molecule has 0 saturated carbocycles. The summed E-state index contributed by atoms with van der Waals surface area (Å²) in [6.45, 7) is 1.31. The Labute approximate surface area is 151 Å². The Balaban J connectivity index is 0.00000264. The zero-order chi connectivity index (χ0) is 16.0. The lowest BCUT2D eigenvalue weighted by molar-refractivity contribution is -0.153. The minimum absolute atomic E-state index is 0. The molecule has 1 saturated heterocycles. The molecule has 0 bridgehead atoms. The first-order valence-electron chi connectivity index (χ1n) is 7.22. The van der Waals surface area contributed by atoms with E-state index in [9.17, 15) is 13.2 Å². The molecule has 130 valence electrons. The number of rotatable bonds is 4. The maximum atomic E-state index is 12.1. The van der Waals surface area contributed by atoms with E-state index in [-0.39, 0.29) is 29.7 Å². The van der Waals surface area contributed by atoms with E-state index in [1.807, 2.05) is 0 Å². The summed E-state index contributed by atoms with van der Waals surface area (Å²) in [4.78, 5) is 6.44. The molecule has 0 unspecified atom stereocenters. The highest BCUT2D eigenvalue weighted by Crippen LogP contribution is 2.18. The summed E-state index contributed by atoms with van der Waals surface area (Å²) in [5, 5.41) is 3.26. The van der Waals surface area contributed by atoms with Crippen LogP contribution in [-0.2, 0) is 6.54 Å². The molecule has 2 rings (SSSR count). The number of ether oxygens (including phenoxy) is 1. The molecule has 1 N–H and O–H groups in total. The lowest BCUT2D eigenvalue weighted by Gasteiger charge is -2.20. The van der Waals surface area contributed by atoms with Crippen molar-refractivity contribution in [1.82, 2.24) is 10.2 Å². The van der Waals surface area contributed by atoms with Crippen LogP contribution in [0.2, 0.25) is 0 Å². The number of halogens is 4. The van der Waals surface area contributed by atoms with Gasteiger partial charge in [-0.05, 0) is 30.5 Å². The third kappa shape index (κ3) is 6.84. The van der Waals surface area contributed by atoms with Crippen LogP contribution in [0.15, 0.2) is 29.3 Å². The molecule has 4 nitrogen and oxygen atoms in total. The molecule has 1 fully saturated rings. The second kappa shape index (κ2) is 9.19. The zero-order valence-corrected chi connectivity index (χ0v) is 15.2. The van der Waals surface area contributed by atoms with Crippen LogP contribution in [0.1, 0.15) is 18.4 Å². The van der Waals surface area contributed by atoms with Gasteiger partial charge < -0.3 is 15.0 Å². The fourth-order valence-electron chi connectivity index (χ4n) is 2.31. The summed E-state index contributed by atoms with van der Waals surface area (Å²) in [5.74, 6) is 1.07. The molecule has 0 aromatic heterocycles. The number of nitrogens with zero attached hydrogens (tertiary/aromatic N) is 2. The highest BCUT2D eigenvalue weighted by atomic mass is 127. The fourth-order valence-corrected chi connectivity index (χ4v) is 2.31. The van der Waals surface area contributed by atoms with Crippen molar-refractivity contribution in [3.8, 4) is 5.75 Å². The molecule has 8 heteroatoms. The highest BCUT2D eigenvalue weighted by Gasteiger charge is 2.28. The molecule has 0 radical (unpaired) electrons. The fraction of sp³-hybridized carbons (Fsp3) is 0.533. The molecule has 23 heavy (non-hydrogen) atoms. The van der Waals surface area contributed by atoms with Gasteiger partial charge in [0.25, 0.3) is 0 Å². The molecule has 0 spiro atoms. The first-order chi connectivity index (χ1) is 10.5. The van der Waals surface area contributed by atoms with E-state index >= 15 is 0 Å². The van der Waals surface area contributed by atoms with Gasteiger partial charge in [0, 0.05) is 26.7 Å². The average Bonchev–Trinajstić information content (AvgIpc) is 3.00. The number of benzene rings is 1. The summed E-state index contributed by atoms with van der Waals surface area (Å²) in [5.41, 5.74) is 0.958. The van der Waals surface area contributed by atoms with Gasteiger partial charge in [-0.25, -0.2) is 0 Å². The first-order valence-corrected chi connectivity index (χ1v) is 7.22. The lowest BCUT2D eigenvalue weighted by atomic mass is 10.2. The van der Waals surface area contributed by atoms with Crippen molar-refractivity contribution in [2.24, 2.45) is 4.99 Å². The van der Waals surface area contributed by atoms with E-state index in [4.69, 9.17) is 0 Å². The largest absolute Gasteiger partial charge is 0.484 e. The summed E-state index contributed by atoms with van der Waals surface area (Å²) >= 11 is 0. The van der Waals surface area contributed by atoms with Gasteiger partial charge in [-0.2, -0.15) is 13.2 Å². The Morgan fingerprint density at radius 1 is 1.22 bits per heavy atom. The number of alkyl halides is 3. The van der Waals surface area contributed by atoms with Gasteiger partial charge in [0.15, 0.2) is 12.6 Å². The molecule has 0 amide bonds. The molecular weight excluding hydrogens is 422 g/mol. The van der Waals surface area contributed by atoms with E-state index < -0.39 is 12.8 Å². The van der Waals surface area contributed by atoms with Gasteiger partial charge >= 0.3 is 6.18 Å². The van der Waals surface area contributed by atoms with Gasteiger partial charge in [-0.15, -0.1) is 24.0 Å². The number of guanidine groups is 1. The summed E-state index contributed by atoms with van der Waals surface area (Å²) in [6, 6.07) is 6.58. The lowest BCUT2D eigenvalue weighted by Crippen LogP contribution is -2.39. The molecule has 1 aromatic carbocycles. The molecule has 1 aliphatic rings. The quantitative estimate of drug-likeness (QED) is 0.441. The Morgan fingerprint density at radius 2 is 1.83 bits per heavy atom. The summed E-state index contributed by atoms with van der Waals surface area (Å²) < 4.78 is 40.9. The predicted octanol–water partition coefficient (Wildman–Crippen LogP) is 3.42. The molecular formula is C15H21F3IN3O. The maximum Gasteiger partial charge on any atom is 0.422 e. The molecule has 1 aliphatic heterocycles. The molecule has 1 aromatic rings. The van der Waals surface area contributed by atoms with Crippen molar-refractivity contribution >= 4 is 29.9 Å². The van der Waals surface area contributed by atoms with E-state index in [1.54, 1.807) is 31.3 Å². The number of aliphatic imine (C=N–C) groups is 1. The number of hydrogen-bond donors (Lipinski definition) is 1. The molecule has 1 heterocycles. The minimum Gasteiger partial charge on any atom is -0.484 e. The van der Waals surface area contributed by atoms with Crippen molar-refractivity contribution < 1.29 is 17.9 Å². The number of likely N-dealkylation sites (tertiary alicyclic amines) is 1. The minimum atomic E-state index is -4.32. The molecule has 0 aliphatic carbocycles. The second-order valence-corrected chi connectivity index (χ2v) is 5.14. The van der Waals surface area contributed by atoms with Crippen LogP contribution in [0.3, 0.4) is 0 Å². The first kappa shape index (κ1) is 19.9. The van der Waals surface area contributed by atoms with Crippen LogP contribution < -0.4 is 10.1 Å². The monoisotopic (exact) mass is 443 g/mol. The van der Waals surface area contributed by atoms with Gasteiger partial charge in [-0.1, -0.05) is 12.1 Å². The van der Waals surface area contributed by atoms with Gasteiger partial charge in [0.05, 0.1) is 0 Å². The van der Waals surface area contributed by atoms with Crippen LogP contribution in [-0.4, -0.2) is 43.8 Å². The normalized spacial score (nSPS) is 15.3. The van der Waals surface area contributed by atoms with Crippen molar-refractivity contribution in [3.63, 3.8) is 0 Å². The van der Waals surface area contributed by atoms with Crippen LogP contribution in [0.4, 0.5) is 13.2 Å². The van der Waals surface area contributed by atoms with Crippen molar-refractivity contribution in [3.05, 3.63) is 29.8 Å².